The number of rotatable bonds is 4. The van der Waals surface area contributed by atoms with Gasteiger partial charge >= 0.3 is 0 Å². The first-order chi connectivity index (χ1) is 11.7. The third kappa shape index (κ3) is 2.99. The maximum Gasteiger partial charge on any atom is 0.223 e. The molecule has 0 saturated carbocycles. The summed E-state index contributed by atoms with van der Waals surface area (Å²) in [5.41, 5.74) is 0. The van der Waals surface area contributed by atoms with Crippen molar-refractivity contribution in [2.45, 2.75) is 32.4 Å². The molecule has 4 heterocycles. The van der Waals surface area contributed by atoms with Crippen molar-refractivity contribution >= 4 is 27.4 Å². The molecule has 8 heteroatoms. The predicted octanol–water partition coefficient (Wildman–Crippen LogP) is 2.48. The van der Waals surface area contributed by atoms with E-state index in [0.29, 0.717) is 11.9 Å². The molecule has 0 aromatic carbocycles. The highest BCUT2D eigenvalue weighted by Crippen LogP contribution is 2.29. The predicted molar refractivity (Wildman–Crippen MR) is 93.2 cm³/mol. The van der Waals surface area contributed by atoms with E-state index in [1.807, 2.05) is 6.92 Å². The topological polar surface area (TPSA) is 71.2 Å². The van der Waals surface area contributed by atoms with Gasteiger partial charge in [0.2, 0.25) is 5.89 Å². The molecule has 0 N–H and O–H groups in total. The van der Waals surface area contributed by atoms with Crippen LogP contribution in [0.3, 0.4) is 0 Å². The molecule has 4 rings (SSSR count). The van der Waals surface area contributed by atoms with Crippen molar-refractivity contribution in [2.24, 2.45) is 0 Å². The van der Waals surface area contributed by atoms with Crippen LogP contribution in [0, 0.1) is 6.92 Å². The van der Waals surface area contributed by atoms with Crippen molar-refractivity contribution in [3.8, 4) is 0 Å². The Morgan fingerprint density at radius 2 is 2.33 bits per heavy atom. The first kappa shape index (κ1) is 15.5. The zero-order valence-corrected chi connectivity index (χ0v) is 14.7. The van der Waals surface area contributed by atoms with Crippen molar-refractivity contribution in [3.05, 3.63) is 29.5 Å². The minimum absolute atomic E-state index is 0.421. The fourth-order valence-corrected chi connectivity index (χ4v) is 4.05. The Morgan fingerprint density at radius 1 is 1.42 bits per heavy atom. The highest BCUT2D eigenvalue weighted by molar-refractivity contribution is 7.16. The number of aromatic nitrogens is 4. The number of hydrogen-bond donors (Lipinski definition) is 0. The molecule has 3 aromatic rings. The molecule has 24 heavy (non-hydrogen) atoms. The van der Waals surface area contributed by atoms with Crippen molar-refractivity contribution in [1.82, 2.24) is 25.0 Å². The molecule has 0 aliphatic carbocycles. The fraction of sp³-hybridized carbons (Fsp3) is 0.500. The van der Waals surface area contributed by atoms with Gasteiger partial charge in [-0.2, -0.15) is 4.98 Å². The molecule has 0 radical (unpaired) electrons. The van der Waals surface area contributed by atoms with Gasteiger partial charge in [0.15, 0.2) is 5.82 Å². The Labute approximate surface area is 144 Å². The third-order valence-electron chi connectivity index (χ3n) is 4.54. The SMILES string of the molecule is Cc1nc(CN2CCCC(N(C)c3ncnc4sccc34)C2)no1. The van der Waals surface area contributed by atoms with Crippen molar-refractivity contribution in [2.75, 3.05) is 25.0 Å². The average Bonchev–Trinajstić information content (AvgIpc) is 3.23. The molecule has 0 spiro atoms. The highest BCUT2D eigenvalue weighted by atomic mass is 32.1. The lowest BCUT2D eigenvalue weighted by molar-refractivity contribution is 0.192. The summed E-state index contributed by atoms with van der Waals surface area (Å²) < 4.78 is 5.07. The van der Waals surface area contributed by atoms with Crippen LogP contribution in [-0.2, 0) is 6.54 Å². The van der Waals surface area contributed by atoms with Gasteiger partial charge in [-0.3, -0.25) is 4.90 Å². The lowest BCUT2D eigenvalue weighted by Crippen LogP contribution is -2.46. The maximum absolute atomic E-state index is 5.07. The van der Waals surface area contributed by atoms with Gasteiger partial charge in [-0.05, 0) is 30.8 Å². The van der Waals surface area contributed by atoms with E-state index in [1.54, 1.807) is 17.7 Å². The minimum atomic E-state index is 0.421. The van der Waals surface area contributed by atoms with E-state index in [9.17, 15) is 0 Å². The Kier molecular flexibility index (Phi) is 4.15. The monoisotopic (exact) mass is 344 g/mol. The molecule has 7 nitrogen and oxygen atoms in total. The van der Waals surface area contributed by atoms with Gasteiger partial charge in [0.1, 0.15) is 17.0 Å². The third-order valence-corrected chi connectivity index (χ3v) is 5.36. The molecule has 0 amide bonds. The van der Waals surface area contributed by atoms with Crippen molar-refractivity contribution in [3.63, 3.8) is 0 Å². The summed E-state index contributed by atoms with van der Waals surface area (Å²) in [6, 6.07) is 2.53. The van der Waals surface area contributed by atoms with Gasteiger partial charge in [0, 0.05) is 26.6 Å². The molecule has 1 aliphatic rings. The van der Waals surface area contributed by atoms with E-state index < -0.39 is 0 Å². The number of piperidine rings is 1. The second-order valence-corrected chi connectivity index (χ2v) is 7.10. The molecule has 126 valence electrons. The Bertz CT molecular complexity index is 831. The zero-order chi connectivity index (χ0) is 16.5. The van der Waals surface area contributed by atoms with Crippen LogP contribution in [0.5, 0.6) is 0 Å². The molecule has 3 aromatic heterocycles. The highest BCUT2D eigenvalue weighted by Gasteiger charge is 2.26. The second kappa shape index (κ2) is 6.45. The molecule has 1 atom stereocenters. The smallest absolute Gasteiger partial charge is 0.223 e. The van der Waals surface area contributed by atoms with E-state index >= 15 is 0 Å². The van der Waals surface area contributed by atoms with Gasteiger partial charge in [0.05, 0.1) is 11.9 Å². The van der Waals surface area contributed by atoms with Crippen LogP contribution >= 0.6 is 11.3 Å². The maximum atomic E-state index is 5.07. The first-order valence-corrected chi connectivity index (χ1v) is 9.01. The second-order valence-electron chi connectivity index (χ2n) is 6.21. The average molecular weight is 344 g/mol. The molecular formula is C16H20N6OS. The van der Waals surface area contributed by atoms with E-state index in [0.717, 1.165) is 54.3 Å². The first-order valence-electron chi connectivity index (χ1n) is 8.13. The van der Waals surface area contributed by atoms with Gasteiger partial charge in [-0.25, -0.2) is 9.97 Å². The summed E-state index contributed by atoms with van der Waals surface area (Å²) in [6.07, 6.45) is 3.98. The van der Waals surface area contributed by atoms with E-state index in [-0.39, 0.29) is 0 Å². The number of likely N-dealkylation sites (N-methyl/N-ethyl adjacent to an activating group) is 1. The quantitative estimate of drug-likeness (QED) is 0.720. The van der Waals surface area contributed by atoms with Crippen LogP contribution in [0.25, 0.3) is 10.2 Å². The summed E-state index contributed by atoms with van der Waals surface area (Å²) >= 11 is 1.66. The van der Waals surface area contributed by atoms with Gasteiger partial charge in [-0.15, -0.1) is 11.3 Å². The molecule has 1 aliphatic heterocycles. The molecule has 1 saturated heterocycles. The van der Waals surface area contributed by atoms with Crippen LogP contribution in [-0.4, -0.2) is 51.2 Å². The van der Waals surface area contributed by atoms with Gasteiger partial charge in [0.25, 0.3) is 0 Å². The number of aryl methyl sites for hydroxylation is 1. The molecule has 1 fully saturated rings. The van der Waals surface area contributed by atoms with Crippen molar-refractivity contribution < 1.29 is 4.52 Å². The number of hydrogen-bond acceptors (Lipinski definition) is 8. The molecular weight excluding hydrogens is 324 g/mol. The standard InChI is InChI=1S/C16H20N6OS/c1-11-19-14(20-23-11)9-22-6-3-4-12(8-22)21(2)15-13-5-7-24-16(13)18-10-17-15/h5,7,10,12H,3-4,6,8-9H2,1-2H3. The Morgan fingerprint density at radius 3 is 3.17 bits per heavy atom. The minimum Gasteiger partial charge on any atom is -0.355 e. The Hall–Kier alpha value is -2.06. The van der Waals surface area contributed by atoms with E-state index in [1.165, 1.54) is 0 Å². The summed E-state index contributed by atoms with van der Waals surface area (Å²) in [6.45, 7) is 4.60. The van der Waals surface area contributed by atoms with Gasteiger partial charge in [-0.1, -0.05) is 5.16 Å². The van der Waals surface area contributed by atoms with E-state index in [2.05, 4.69) is 48.4 Å². The van der Waals surface area contributed by atoms with Crippen LogP contribution < -0.4 is 4.90 Å². The summed E-state index contributed by atoms with van der Waals surface area (Å²) in [7, 11) is 2.13. The summed E-state index contributed by atoms with van der Waals surface area (Å²) in [5, 5.41) is 7.22. The lowest BCUT2D eigenvalue weighted by Gasteiger charge is -2.37. The largest absolute Gasteiger partial charge is 0.355 e. The lowest BCUT2D eigenvalue weighted by atomic mass is 10.0. The number of nitrogens with zero attached hydrogens (tertiary/aromatic N) is 6. The van der Waals surface area contributed by atoms with E-state index in [4.69, 9.17) is 4.52 Å². The Balaban J connectivity index is 1.50. The normalized spacial score (nSPS) is 19.0. The van der Waals surface area contributed by atoms with Crippen LogP contribution in [0.4, 0.5) is 5.82 Å². The van der Waals surface area contributed by atoms with Crippen molar-refractivity contribution in [1.29, 1.82) is 0 Å². The summed E-state index contributed by atoms with van der Waals surface area (Å²) in [5.74, 6) is 2.40. The van der Waals surface area contributed by atoms with Crippen LogP contribution in [0.15, 0.2) is 22.3 Å². The number of likely N-dealkylation sites (tertiary alicyclic amines) is 1. The molecule has 0 bridgehead atoms. The number of thiophene rings is 1. The fourth-order valence-electron chi connectivity index (χ4n) is 3.33. The van der Waals surface area contributed by atoms with Gasteiger partial charge < -0.3 is 9.42 Å². The van der Waals surface area contributed by atoms with Crippen LogP contribution in [0.1, 0.15) is 24.6 Å². The summed E-state index contributed by atoms with van der Waals surface area (Å²) in [4.78, 5) is 18.9. The van der Waals surface area contributed by atoms with Crippen LogP contribution in [0.2, 0.25) is 0 Å². The number of fused-ring (bicyclic) bond motifs is 1. The molecule has 1 unspecified atom stereocenters. The number of anilines is 1. The zero-order valence-electron chi connectivity index (χ0n) is 13.8.